The van der Waals surface area contributed by atoms with Gasteiger partial charge in [-0.05, 0) is 47.5 Å². The van der Waals surface area contributed by atoms with Crippen molar-refractivity contribution in [3.05, 3.63) is 72.6 Å². The first-order valence-electron chi connectivity index (χ1n) is 6.82. The number of benzene rings is 2. The Hall–Kier alpha value is -3.14. The highest BCUT2D eigenvalue weighted by Gasteiger charge is 2.00. The quantitative estimate of drug-likeness (QED) is 0.713. The van der Waals surface area contributed by atoms with E-state index in [0.717, 1.165) is 22.5 Å². The van der Waals surface area contributed by atoms with Crippen molar-refractivity contribution in [2.45, 2.75) is 0 Å². The molecule has 0 aliphatic carbocycles. The van der Waals surface area contributed by atoms with Crippen LogP contribution in [0.2, 0.25) is 0 Å². The third kappa shape index (κ3) is 3.12. The van der Waals surface area contributed by atoms with E-state index in [0.29, 0.717) is 12.0 Å². The Morgan fingerprint density at radius 2 is 1.68 bits per heavy atom. The first-order valence-corrected chi connectivity index (χ1v) is 6.82. The number of rotatable bonds is 4. The maximum atomic E-state index is 10.6. The normalized spacial score (nSPS) is 10.2. The summed E-state index contributed by atoms with van der Waals surface area (Å²) in [6, 6.07) is 18.5. The molecule has 0 aliphatic heterocycles. The molecule has 0 unspecified atom stereocenters. The van der Waals surface area contributed by atoms with Gasteiger partial charge < -0.3 is 10.4 Å². The summed E-state index contributed by atoms with van der Waals surface area (Å²) in [6.07, 6.45) is 2.33. The molecule has 0 fully saturated rings. The number of phenols is 1. The zero-order valence-electron chi connectivity index (χ0n) is 11.7. The van der Waals surface area contributed by atoms with Crippen LogP contribution >= 0.6 is 0 Å². The number of carbonyl (C=O) groups is 1. The van der Waals surface area contributed by atoms with Gasteiger partial charge in [-0.3, -0.25) is 9.78 Å². The minimum Gasteiger partial charge on any atom is -0.508 e. The highest BCUT2D eigenvalue weighted by molar-refractivity contribution is 5.73. The third-order valence-corrected chi connectivity index (χ3v) is 3.26. The van der Waals surface area contributed by atoms with Crippen LogP contribution in [-0.2, 0) is 0 Å². The molecule has 4 nitrogen and oxygen atoms in total. The van der Waals surface area contributed by atoms with Gasteiger partial charge in [0.15, 0.2) is 6.29 Å². The zero-order valence-corrected chi connectivity index (χ0v) is 11.7. The molecule has 0 spiro atoms. The van der Waals surface area contributed by atoms with E-state index in [1.54, 1.807) is 30.5 Å². The number of nitrogens with one attached hydrogen (secondary N) is 1. The lowest BCUT2D eigenvalue weighted by Gasteiger charge is -2.08. The van der Waals surface area contributed by atoms with Gasteiger partial charge in [0.1, 0.15) is 11.4 Å². The zero-order chi connectivity index (χ0) is 15.4. The largest absolute Gasteiger partial charge is 0.508 e. The molecule has 0 saturated heterocycles. The van der Waals surface area contributed by atoms with Gasteiger partial charge in [-0.15, -0.1) is 0 Å². The molecule has 3 rings (SSSR count). The van der Waals surface area contributed by atoms with Crippen LogP contribution in [0.4, 0.5) is 11.4 Å². The molecule has 0 aliphatic rings. The fourth-order valence-corrected chi connectivity index (χ4v) is 2.15. The summed E-state index contributed by atoms with van der Waals surface area (Å²) in [5.74, 6) is 0.251. The smallest absolute Gasteiger partial charge is 0.168 e. The molecule has 108 valence electrons. The number of aldehydes is 1. The van der Waals surface area contributed by atoms with E-state index in [1.807, 2.05) is 36.4 Å². The van der Waals surface area contributed by atoms with Crippen LogP contribution in [0, 0.1) is 0 Å². The SMILES string of the molecule is O=Cc1ccc(Nc2ccc(-c3cccc(O)c3)cc2)cn1. The second kappa shape index (κ2) is 6.10. The van der Waals surface area contributed by atoms with Gasteiger partial charge in [-0.25, -0.2) is 0 Å². The van der Waals surface area contributed by atoms with Crippen LogP contribution in [0.25, 0.3) is 11.1 Å². The van der Waals surface area contributed by atoms with E-state index in [2.05, 4.69) is 10.3 Å². The van der Waals surface area contributed by atoms with E-state index >= 15 is 0 Å². The molecular formula is C18H14N2O2. The van der Waals surface area contributed by atoms with Crippen molar-refractivity contribution in [3.63, 3.8) is 0 Å². The lowest BCUT2D eigenvalue weighted by molar-refractivity contribution is 0.111. The molecule has 1 aromatic heterocycles. The molecule has 2 N–H and O–H groups in total. The summed E-state index contributed by atoms with van der Waals surface area (Å²) in [5, 5.41) is 12.7. The molecule has 0 bridgehead atoms. The van der Waals surface area contributed by atoms with Crippen molar-refractivity contribution in [2.24, 2.45) is 0 Å². The maximum absolute atomic E-state index is 10.6. The lowest BCUT2D eigenvalue weighted by atomic mass is 10.1. The van der Waals surface area contributed by atoms with Crippen molar-refractivity contribution in [1.82, 2.24) is 4.98 Å². The minimum atomic E-state index is 0.251. The summed E-state index contributed by atoms with van der Waals surface area (Å²) in [6.45, 7) is 0. The number of carbonyl (C=O) groups excluding carboxylic acids is 1. The second-order valence-corrected chi connectivity index (χ2v) is 4.84. The second-order valence-electron chi connectivity index (χ2n) is 4.84. The number of pyridine rings is 1. The summed E-state index contributed by atoms with van der Waals surface area (Å²) < 4.78 is 0. The Balaban J connectivity index is 1.77. The van der Waals surface area contributed by atoms with E-state index in [4.69, 9.17) is 0 Å². The molecule has 4 heteroatoms. The van der Waals surface area contributed by atoms with Crippen molar-refractivity contribution in [3.8, 4) is 16.9 Å². The van der Waals surface area contributed by atoms with Crippen molar-refractivity contribution in [1.29, 1.82) is 0 Å². The van der Waals surface area contributed by atoms with Crippen LogP contribution in [0.5, 0.6) is 5.75 Å². The molecule has 0 saturated carbocycles. The standard InChI is InChI=1S/C18H14N2O2/c21-12-17-9-8-16(11-19-17)20-15-6-4-13(5-7-15)14-2-1-3-18(22)10-14/h1-12,20,22H. The Kier molecular flexibility index (Phi) is 3.83. The summed E-state index contributed by atoms with van der Waals surface area (Å²) >= 11 is 0. The van der Waals surface area contributed by atoms with Gasteiger partial charge >= 0.3 is 0 Å². The predicted molar refractivity (Wildman–Crippen MR) is 86.5 cm³/mol. The van der Waals surface area contributed by atoms with E-state index in [9.17, 15) is 9.90 Å². The monoisotopic (exact) mass is 290 g/mol. The minimum absolute atomic E-state index is 0.251. The number of anilines is 2. The van der Waals surface area contributed by atoms with Crippen molar-refractivity contribution < 1.29 is 9.90 Å². The van der Waals surface area contributed by atoms with E-state index in [-0.39, 0.29) is 5.75 Å². The molecule has 0 atom stereocenters. The van der Waals surface area contributed by atoms with Gasteiger partial charge in [0.05, 0.1) is 11.9 Å². The average molecular weight is 290 g/mol. The Morgan fingerprint density at radius 3 is 2.32 bits per heavy atom. The van der Waals surface area contributed by atoms with Crippen LogP contribution < -0.4 is 5.32 Å². The third-order valence-electron chi connectivity index (χ3n) is 3.26. The van der Waals surface area contributed by atoms with Gasteiger partial charge in [0.2, 0.25) is 0 Å². The van der Waals surface area contributed by atoms with Gasteiger partial charge in [0.25, 0.3) is 0 Å². The fourth-order valence-electron chi connectivity index (χ4n) is 2.15. The van der Waals surface area contributed by atoms with Crippen LogP contribution in [0.3, 0.4) is 0 Å². The molecule has 3 aromatic rings. The molecular weight excluding hydrogens is 276 g/mol. The fraction of sp³-hybridized carbons (Fsp3) is 0. The van der Waals surface area contributed by atoms with Gasteiger partial charge in [-0.1, -0.05) is 24.3 Å². The Bertz CT molecular complexity index is 781. The van der Waals surface area contributed by atoms with Crippen molar-refractivity contribution >= 4 is 17.7 Å². The van der Waals surface area contributed by atoms with Gasteiger partial charge in [0, 0.05) is 5.69 Å². The summed E-state index contributed by atoms with van der Waals surface area (Å²) in [4.78, 5) is 14.6. The Morgan fingerprint density at radius 1 is 0.909 bits per heavy atom. The maximum Gasteiger partial charge on any atom is 0.168 e. The number of hydrogen-bond acceptors (Lipinski definition) is 4. The number of aromatic hydroxyl groups is 1. The lowest BCUT2D eigenvalue weighted by Crippen LogP contribution is -1.93. The average Bonchev–Trinajstić information content (AvgIpc) is 2.56. The summed E-state index contributed by atoms with van der Waals surface area (Å²) in [5.41, 5.74) is 4.13. The molecule has 0 radical (unpaired) electrons. The Labute approximate surface area is 128 Å². The number of hydrogen-bond donors (Lipinski definition) is 2. The van der Waals surface area contributed by atoms with Crippen LogP contribution in [-0.4, -0.2) is 16.4 Å². The number of aromatic nitrogens is 1. The molecule has 1 heterocycles. The highest BCUT2D eigenvalue weighted by Crippen LogP contribution is 2.25. The van der Waals surface area contributed by atoms with Crippen molar-refractivity contribution in [2.75, 3.05) is 5.32 Å². The van der Waals surface area contributed by atoms with E-state index in [1.165, 1.54) is 0 Å². The van der Waals surface area contributed by atoms with Crippen LogP contribution in [0.1, 0.15) is 10.5 Å². The first-order chi connectivity index (χ1) is 10.7. The molecule has 2 aromatic carbocycles. The number of phenolic OH excluding ortho intramolecular Hbond substituents is 1. The number of nitrogens with zero attached hydrogens (tertiary/aromatic N) is 1. The van der Waals surface area contributed by atoms with E-state index < -0.39 is 0 Å². The highest BCUT2D eigenvalue weighted by atomic mass is 16.3. The summed E-state index contributed by atoms with van der Waals surface area (Å²) in [7, 11) is 0. The molecule has 22 heavy (non-hydrogen) atoms. The van der Waals surface area contributed by atoms with Crippen LogP contribution in [0.15, 0.2) is 66.9 Å². The topological polar surface area (TPSA) is 62.2 Å². The van der Waals surface area contributed by atoms with Gasteiger partial charge in [-0.2, -0.15) is 0 Å². The predicted octanol–water partition coefficient (Wildman–Crippen LogP) is 4.01. The molecule has 0 amide bonds. The first kappa shape index (κ1) is 13.8.